The lowest BCUT2D eigenvalue weighted by Gasteiger charge is -2.25. The second kappa shape index (κ2) is 9.07. The van der Waals surface area contributed by atoms with Gasteiger partial charge in [0.1, 0.15) is 23.4 Å². The SMILES string of the molecule is CCCOc1ccc(C2/C(=C(/O)c3ccc4c(c3)CC(C)O4)C(=O)C(=O)N2CCC)cc1. The van der Waals surface area contributed by atoms with Gasteiger partial charge in [-0.05, 0) is 61.2 Å². The largest absolute Gasteiger partial charge is 0.507 e. The lowest BCUT2D eigenvalue weighted by Crippen LogP contribution is -2.30. The first-order valence-electron chi connectivity index (χ1n) is 11.3. The van der Waals surface area contributed by atoms with Gasteiger partial charge in [0.15, 0.2) is 0 Å². The van der Waals surface area contributed by atoms with Gasteiger partial charge >= 0.3 is 0 Å². The molecular formula is C26H29NO5. The van der Waals surface area contributed by atoms with Crippen molar-refractivity contribution < 1.29 is 24.2 Å². The van der Waals surface area contributed by atoms with Gasteiger partial charge in [-0.1, -0.05) is 26.0 Å². The fourth-order valence-electron chi connectivity index (χ4n) is 4.39. The van der Waals surface area contributed by atoms with Crippen LogP contribution in [0.1, 0.15) is 56.3 Å². The van der Waals surface area contributed by atoms with Gasteiger partial charge in [-0.3, -0.25) is 9.59 Å². The zero-order valence-electron chi connectivity index (χ0n) is 18.8. The van der Waals surface area contributed by atoms with E-state index < -0.39 is 17.7 Å². The number of carbonyl (C=O) groups is 2. The van der Waals surface area contributed by atoms with E-state index in [0.717, 1.165) is 35.5 Å². The van der Waals surface area contributed by atoms with Gasteiger partial charge in [0.2, 0.25) is 0 Å². The minimum Gasteiger partial charge on any atom is -0.507 e. The number of Topliss-reactive ketones (excluding diaryl/α,β-unsaturated/α-hetero) is 1. The second-order valence-electron chi connectivity index (χ2n) is 8.37. The number of amides is 1. The van der Waals surface area contributed by atoms with Gasteiger partial charge in [0, 0.05) is 18.5 Å². The molecule has 1 amide bonds. The summed E-state index contributed by atoms with van der Waals surface area (Å²) < 4.78 is 11.4. The van der Waals surface area contributed by atoms with E-state index in [1.807, 2.05) is 57.2 Å². The number of fused-ring (bicyclic) bond motifs is 1. The topological polar surface area (TPSA) is 76.1 Å². The van der Waals surface area contributed by atoms with Crippen LogP contribution in [0.5, 0.6) is 11.5 Å². The monoisotopic (exact) mass is 435 g/mol. The summed E-state index contributed by atoms with van der Waals surface area (Å²) in [6.45, 7) is 7.03. The molecule has 168 valence electrons. The van der Waals surface area contributed by atoms with Crippen molar-refractivity contribution in [2.75, 3.05) is 13.2 Å². The fourth-order valence-corrected chi connectivity index (χ4v) is 4.39. The lowest BCUT2D eigenvalue weighted by molar-refractivity contribution is -0.139. The molecule has 0 spiro atoms. The Labute approximate surface area is 188 Å². The summed E-state index contributed by atoms with van der Waals surface area (Å²) in [5.41, 5.74) is 2.39. The molecule has 0 bridgehead atoms. The summed E-state index contributed by atoms with van der Waals surface area (Å²) in [7, 11) is 0. The van der Waals surface area contributed by atoms with Gasteiger partial charge in [0.05, 0.1) is 18.2 Å². The van der Waals surface area contributed by atoms with Crippen molar-refractivity contribution in [3.63, 3.8) is 0 Å². The first-order valence-corrected chi connectivity index (χ1v) is 11.3. The maximum atomic E-state index is 13.0. The Morgan fingerprint density at radius 1 is 1.12 bits per heavy atom. The molecule has 32 heavy (non-hydrogen) atoms. The number of ether oxygens (including phenoxy) is 2. The van der Waals surface area contributed by atoms with E-state index in [1.165, 1.54) is 0 Å². The third-order valence-electron chi connectivity index (χ3n) is 5.84. The summed E-state index contributed by atoms with van der Waals surface area (Å²) in [6, 6.07) is 12.1. The average molecular weight is 436 g/mol. The molecule has 1 saturated heterocycles. The first kappa shape index (κ1) is 21.9. The molecule has 2 atom stereocenters. The summed E-state index contributed by atoms with van der Waals surface area (Å²) in [5, 5.41) is 11.2. The molecule has 0 aliphatic carbocycles. The highest BCUT2D eigenvalue weighted by Gasteiger charge is 2.45. The molecule has 2 aliphatic rings. The number of likely N-dealkylation sites (tertiary alicyclic amines) is 1. The molecule has 2 aromatic carbocycles. The smallest absolute Gasteiger partial charge is 0.295 e. The Morgan fingerprint density at radius 2 is 1.88 bits per heavy atom. The van der Waals surface area contributed by atoms with Crippen molar-refractivity contribution in [3.8, 4) is 11.5 Å². The Kier molecular flexibility index (Phi) is 6.21. The van der Waals surface area contributed by atoms with Crippen LogP contribution in [-0.2, 0) is 16.0 Å². The molecule has 0 saturated carbocycles. The standard InChI is InChI=1S/C26H29NO5/c1-4-12-27-23(17-6-9-20(10-7-17)31-13-5-2)22(25(29)26(27)30)24(28)18-8-11-21-19(15-18)14-16(3)32-21/h6-11,15-16,23,28H,4-5,12-14H2,1-3H3/b24-22-. The Morgan fingerprint density at radius 3 is 2.56 bits per heavy atom. The third-order valence-corrected chi connectivity index (χ3v) is 5.84. The van der Waals surface area contributed by atoms with Crippen molar-refractivity contribution in [1.29, 1.82) is 0 Å². The first-order chi connectivity index (χ1) is 15.4. The Balaban J connectivity index is 1.77. The molecule has 2 unspecified atom stereocenters. The highest BCUT2D eigenvalue weighted by molar-refractivity contribution is 6.46. The molecule has 0 radical (unpaired) electrons. The van der Waals surface area contributed by atoms with Crippen LogP contribution in [0.2, 0.25) is 0 Å². The van der Waals surface area contributed by atoms with Gasteiger partial charge in [-0.15, -0.1) is 0 Å². The normalized spacial score (nSPS) is 21.5. The van der Waals surface area contributed by atoms with E-state index in [1.54, 1.807) is 11.0 Å². The number of hydrogen-bond donors (Lipinski definition) is 1. The summed E-state index contributed by atoms with van der Waals surface area (Å²) >= 11 is 0. The maximum absolute atomic E-state index is 13.0. The molecule has 1 fully saturated rings. The highest BCUT2D eigenvalue weighted by Crippen LogP contribution is 2.41. The number of rotatable bonds is 7. The Bertz CT molecular complexity index is 1060. The molecule has 2 aliphatic heterocycles. The van der Waals surface area contributed by atoms with Crippen LogP contribution in [0.15, 0.2) is 48.0 Å². The van der Waals surface area contributed by atoms with Crippen LogP contribution in [0.3, 0.4) is 0 Å². The number of ketones is 1. The molecule has 4 rings (SSSR count). The molecule has 6 nitrogen and oxygen atoms in total. The van der Waals surface area contributed by atoms with Crippen LogP contribution < -0.4 is 9.47 Å². The number of aliphatic hydroxyl groups is 1. The second-order valence-corrected chi connectivity index (χ2v) is 8.37. The van der Waals surface area contributed by atoms with E-state index in [-0.39, 0.29) is 17.4 Å². The number of hydrogen-bond acceptors (Lipinski definition) is 5. The maximum Gasteiger partial charge on any atom is 0.295 e. The molecule has 0 aromatic heterocycles. The molecule has 2 aromatic rings. The van der Waals surface area contributed by atoms with Gasteiger partial charge in [0.25, 0.3) is 11.7 Å². The van der Waals surface area contributed by atoms with E-state index in [2.05, 4.69) is 0 Å². The predicted octanol–water partition coefficient (Wildman–Crippen LogP) is 4.63. The number of nitrogens with zero attached hydrogens (tertiary/aromatic N) is 1. The minimum absolute atomic E-state index is 0.0750. The van der Waals surface area contributed by atoms with Crippen LogP contribution >= 0.6 is 0 Å². The van der Waals surface area contributed by atoms with Crippen molar-refractivity contribution in [2.24, 2.45) is 0 Å². The summed E-state index contributed by atoms with van der Waals surface area (Å²) in [6.07, 6.45) is 2.42. The van der Waals surface area contributed by atoms with E-state index in [4.69, 9.17) is 9.47 Å². The van der Waals surface area contributed by atoms with Crippen molar-refractivity contribution in [1.82, 2.24) is 4.90 Å². The molecule has 1 N–H and O–H groups in total. The number of aliphatic hydroxyl groups excluding tert-OH is 1. The van der Waals surface area contributed by atoms with Crippen LogP contribution in [0, 0.1) is 0 Å². The van der Waals surface area contributed by atoms with Crippen molar-refractivity contribution in [2.45, 2.75) is 52.2 Å². The summed E-state index contributed by atoms with van der Waals surface area (Å²) in [4.78, 5) is 27.4. The van der Waals surface area contributed by atoms with Crippen molar-refractivity contribution in [3.05, 3.63) is 64.7 Å². The zero-order chi connectivity index (χ0) is 22.8. The molecule has 2 heterocycles. The minimum atomic E-state index is -0.655. The highest BCUT2D eigenvalue weighted by atomic mass is 16.5. The Hall–Kier alpha value is -3.28. The average Bonchev–Trinajstić information content (AvgIpc) is 3.29. The third kappa shape index (κ3) is 3.97. The number of benzene rings is 2. The number of carbonyl (C=O) groups excluding carboxylic acids is 2. The van der Waals surface area contributed by atoms with E-state index >= 15 is 0 Å². The molecule has 6 heteroatoms. The predicted molar refractivity (Wildman–Crippen MR) is 122 cm³/mol. The lowest BCUT2D eigenvalue weighted by atomic mass is 9.94. The zero-order valence-corrected chi connectivity index (χ0v) is 18.8. The van der Waals surface area contributed by atoms with Gasteiger partial charge < -0.3 is 19.5 Å². The van der Waals surface area contributed by atoms with E-state index in [0.29, 0.717) is 25.1 Å². The van der Waals surface area contributed by atoms with Crippen LogP contribution in [0.25, 0.3) is 5.76 Å². The van der Waals surface area contributed by atoms with Gasteiger partial charge in [-0.25, -0.2) is 0 Å². The van der Waals surface area contributed by atoms with Crippen LogP contribution in [-0.4, -0.2) is 41.0 Å². The van der Waals surface area contributed by atoms with Crippen molar-refractivity contribution >= 4 is 17.4 Å². The molecular weight excluding hydrogens is 406 g/mol. The van der Waals surface area contributed by atoms with E-state index in [9.17, 15) is 14.7 Å². The summed E-state index contributed by atoms with van der Waals surface area (Å²) in [5.74, 6) is 0.135. The van der Waals surface area contributed by atoms with Gasteiger partial charge in [-0.2, -0.15) is 0 Å². The fraction of sp³-hybridized carbons (Fsp3) is 0.385. The quantitative estimate of drug-likeness (QED) is 0.390. The van der Waals surface area contributed by atoms with Crippen LogP contribution in [0.4, 0.5) is 0 Å².